The fourth-order valence-corrected chi connectivity index (χ4v) is 2.33. The van der Waals surface area contributed by atoms with E-state index in [-0.39, 0.29) is 0 Å². The average Bonchev–Trinajstić information content (AvgIpc) is 2.87. The quantitative estimate of drug-likeness (QED) is 0.646. The van der Waals surface area contributed by atoms with Crippen LogP contribution < -0.4 is 0 Å². The molecule has 0 aliphatic carbocycles. The predicted octanol–water partition coefficient (Wildman–Crippen LogP) is 3.17. The van der Waals surface area contributed by atoms with E-state index in [1.54, 1.807) is 12.1 Å². The van der Waals surface area contributed by atoms with Crippen LogP contribution in [-0.4, -0.2) is 15.0 Å². The van der Waals surface area contributed by atoms with Gasteiger partial charge in [0.1, 0.15) is 17.3 Å². The number of carbonyl (C=O) groups excluding carboxylic acids is 1. The van der Waals surface area contributed by atoms with Gasteiger partial charge >= 0.3 is 0 Å². The molecule has 0 aliphatic rings. The molecule has 0 saturated heterocycles. The van der Waals surface area contributed by atoms with Crippen LogP contribution in [0.15, 0.2) is 42.5 Å². The zero-order valence-corrected chi connectivity index (χ0v) is 9.65. The highest BCUT2D eigenvalue weighted by Gasteiger charge is 2.06. The zero-order valence-electron chi connectivity index (χ0n) is 8.83. The van der Waals surface area contributed by atoms with Gasteiger partial charge in [0.2, 0.25) is 0 Å². The molecule has 1 aromatic heterocycles. The topological polar surface area (TPSA) is 42.9 Å². The van der Waals surface area contributed by atoms with Crippen LogP contribution in [0, 0.1) is 0 Å². The van der Waals surface area contributed by atoms with Crippen molar-refractivity contribution in [1.29, 1.82) is 0 Å². The van der Waals surface area contributed by atoms with Gasteiger partial charge in [-0.15, -0.1) is 0 Å². The normalized spacial score (nSPS) is 10.6. The Morgan fingerprint density at radius 2 is 1.82 bits per heavy atom. The molecule has 0 bridgehead atoms. The molecular weight excluding hydrogens is 232 g/mol. The largest absolute Gasteiger partial charge is 0.298 e. The highest BCUT2D eigenvalue weighted by Crippen LogP contribution is 2.27. The van der Waals surface area contributed by atoms with E-state index in [9.17, 15) is 4.79 Å². The lowest BCUT2D eigenvalue weighted by molar-refractivity contribution is 0.112. The van der Waals surface area contributed by atoms with Crippen molar-refractivity contribution in [2.75, 3.05) is 0 Å². The highest BCUT2D eigenvalue weighted by atomic mass is 32.1. The Morgan fingerprint density at radius 1 is 1.00 bits per heavy atom. The van der Waals surface area contributed by atoms with Gasteiger partial charge in [-0.1, -0.05) is 36.4 Å². The summed E-state index contributed by atoms with van der Waals surface area (Å²) in [6, 6.07) is 13.4. The summed E-state index contributed by atoms with van der Waals surface area (Å²) in [5.74, 6) is 0. The Kier molecular flexibility index (Phi) is 2.42. The molecule has 0 N–H and O–H groups in total. The Morgan fingerprint density at radius 3 is 2.59 bits per heavy atom. The molecule has 3 rings (SSSR count). The monoisotopic (exact) mass is 240 g/mol. The summed E-state index contributed by atoms with van der Waals surface area (Å²) in [4.78, 5) is 10.6. The molecule has 4 heteroatoms. The minimum absolute atomic E-state index is 0.678. The SMILES string of the molecule is O=Cc1ccc(-c2cccc3nsnc23)cc1. The molecule has 1 heterocycles. The minimum atomic E-state index is 0.678. The molecule has 0 spiro atoms. The molecule has 0 unspecified atom stereocenters. The number of nitrogens with zero attached hydrogens (tertiary/aromatic N) is 2. The van der Waals surface area contributed by atoms with Gasteiger partial charge in [0.15, 0.2) is 0 Å². The summed E-state index contributed by atoms with van der Waals surface area (Å²) in [5, 5.41) is 0. The van der Waals surface area contributed by atoms with E-state index in [1.165, 1.54) is 11.7 Å². The zero-order chi connectivity index (χ0) is 11.7. The number of aromatic nitrogens is 2. The van der Waals surface area contributed by atoms with E-state index < -0.39 is 0 Å². The summed E-state index contributed by atoms with van der Waals surface area (Å²) in [5.41, 5.74) is 4.60. The molecule has 82 valence electrons. The van der Waals surface area contributed by atoms with Crippen molar-refractivity contribution >= 4 is 29.0 Å². The van der Waals surface area contributed by atoms with Gasteiger partial charge in [0, 0.05) is 11.1 Å². The van der Waals surface area contributed by atoms with Crippen molar-refractivity contribution in [1.82, 2.24) is 8.75 Å². The van der Waals surface area contributed by atoms with Crippen LogP contribution in [0.25, 0.3) is 22.2 Å². The second-order valence-corrected chi connectivity index (χ2v) is 4.21. The van der Waals surface area contributed by atoms with Gasteiger partial charge < -0.3 is 0 Å². The fraction of sp³-hybridized carbons (Fsp3) is 0. The van der Waals surface area contributed by atoms with Crippen molar-refractivity contribution in [3.8, 4) is 11.1 Å². The van der Waals surface area contributed by atoms with Crippen molar-refractivity contribution in [2.24, 2.45) is 0 Å². The first kappa shape index (κ1) is 10.1. The van der Waals surface area contributed by atoms with Crippen LogP contribution >= 0.6 is 11.7 Å². The molecule has 17 heavy (non-hydrogen) atoms. The van der Waals surface area contributed by atoms with Crippen LogP contribution in [0.4, 0.5) is 0 Å². The molecule has 0 atom stereocenters. The summed E-state index contributed by atoms with van der Waals surface area (Å²) in [6.45, 7) is 0. The third-order valence-corrected chi connectivity index (χ3v) is 3.19. The molecule has 0 aliphatic heterocycles. The maximum Gasteiger partial charge on any atom is 0.150 e. The lowest BCUT2D eigenvalue weighted by atomic mass is 10.0. The third kappa shape index (κ3) is 1.72. The third-order valence-electron chi connectivity index (χ3n) is 2.64. The first-order valence-corrected chi connectivity index (χ1v) is 5.88. The smallest absolute Gasteiger partial charge is 0.150 e. The molecule has 3 nitrogen and oxygen atoms in total. The summed E-state index contributed by atoms with van der Waals surface area (Å²) < 4.78 is 8.51. The number of carbonyl (C=O) groups is 1. The predicted molar refractivity (Wildman–Crippen MR) is 68.2 cm³/mol. The number of hydrogen-bond acceptors (Lipinski definition) is 4. The van der Waals surface area contributed by atoms with Crippen LogP contribution in [-0.2, 0) is 0 Å². The lowest BCUT2D eigenvalue weighted by Gasteiger charge is -2.02. The molecule has 3 aromatic rings. The van der Waals surface area contributed by atoms with Crippen LogP contribution in [0.3, 0.4) is 0 Å². The maximum absolute atomic E-state index is 10.6. The van der Waals surface area contributed by atoms with E-state index in [0.717, 1.165) is 28.4 Å². The Hall–Kier alpha value is -2.07. The van der Waals surface area contributed by atoms with E-state index in [0.29, 0.717) is 5.56 Å². The van der Waals surface area contributed by atoms with Crippen LogP contribution in [0.1, 0.15) is 10.4 Å². The van der Waals surface area contributed by atoms with E-state index >= 15 is 0 Å². The molecular formula is C13H8N2OS. The van der Waals surface area contributed by atoms with E-state index in [2.05, 4.69) is 8.75 Å². The average molecular weight is 240 g/mol. The number of rotatable bonds is 2. The summed E-state index contributed by atoms with van der Waals surface area (Å²) >= 11 is 1.21. The number of aldehydes is 1. The highest BCUT2D eigenvalue weighted by molar-refractivity contribution is 7.00. The molecule has 0 radical (unpaired) electrons. The van der Waals surface area contributed by atoms with Crippen molar-refractivity contribution in [2.45, 2.75) is 0 Å². The summed E-state index contributed by atoms with van der Waals surface area (Å²) in [6.07, 6.45) is 0.842. The number of benzene rings is 2. The molecule has 0 fully saturated rings. The van der Waals surface area contributed by atoms with Crippen molar-refractivity contribution in [3.05, 3.63) is 48.0 Å². The van der Waals surface area contributed by atoms with Gasteiger partial charge in [-0.25, -0.2) is 0 Å². The maximum atomic E-state index is 10.6. The molecule has 0 saturated carbocycles. The van der Waals surface area contributed by atoms with Gasteiger partial charge in [-0.2, -0.15) is 8.75 Å². The molecule has 0 amide bonds. The van der Waals surface area contributed by atoms with Crippen molar-refractivity contribution in [3.63, 3.8) is 0 Å². The number of hydrogen-bond donors (Lipinski definition) is 0. The minimum Gasteiger partial charge on any atom is -0.298 e. The number of fused-ring (bicyclic) bond motifs is 1. The Labute approximate surface area is 102 Å². The van der Waals surface area contributed by atoms with Gasteiger partial charge in [0.05, 0.1) is 11.7 Å². The Balaban J connectivity index is 2.19. The lowest BCUT2D eigenvalue weighted by Crippen LogP contribution is -1.83. The van der Waals surface area contributed by atoms with Gasteiger partial charge in [-0.3, -0.25) is 4.79 Å². The summed E-state index contributed by atoms with van der Waals surface area (Å²) in [7, 11) is 0. The van der Waals surface area contributed by atoms with Crippen LogP contribution in [0.2, 0.25) is 0 Å². The standard InChI is InChI=1S/C13H8N2OS/c16-8-9-4-6-10(7-5-9)11-2-1-3-12-13(11)15-17-14-12/h1-8H. The first-order chi connectivity index (χ1) is 8.38. The Bertz CT molecular complexity index is 673. The molecule has 2 aromatic carbocycles. The van der Waals surface area contributed by atoms with E-state index in [1.807, 2.05) is 30.3 Å². The van der Waals surface area contributed by atoms with E-state index in [4.69, 9.17) is 0 Å². The van der Waals surface area contributed by atoms with Gasteiger partial charge in [-0.05, 0) is 11.6 Å². The van der Waals surface area contributed by atoms with Crippen LogP contribution in [0.5, 0.6) is 0 Å². The van der Waals surface area contributed by atoms with Crippen molar-refractivity contribution < 1.29 is 4.79 Å². The van der Waals surface area contributed by atoms with Gasteiger partial charge in [0.25, 0.3) is 0 Å². The second kappa shape index (κ2) is 4.07. The fourth-order valence-electron chi connectivity index (χ4n) is 1.78. The second-order valence-electron chi connectivity index (χ2n) is 3.68. The first-order valence-electron chi connectivity index (χ1n) is 5.15.